The molecule has 0 saturated heterocycles. The number of carboxylic acid groups (broad SMARTS) is 1. The zero-order valence-electron chi connectivity index (χ0n) is 13.2. The second-order valence-electron chi connectivity index (χ2n) is 5.32. The fraction of sp³-hybridized carbons (Fsp3) is 0.412. The van der Waals surface area contributed by atoms with E-state index in [2.05, 4.69) is 24.9 Å². The molecule has 5 heteroatoms. The molecule has 1 heterocycles. The SMILES string of the molecule is CCc1nc(CCCOc2cc(C)cc(C)c2)sc1C(=O)O. The van der Waals surface area contributed by atoms with Crippen LogP contribution >= 0.6 is 11.3 Å². The molecule has 1 N–H and O–H groups in total. The second-order valence-corrected chi connectivity index (χ2v) is 6.40. The summed E-state index contributed by atoms with van der Waals surface area (Å²) in [6.07, 6.45) is 2.22. The standard InChI is InChI=1S/C17H21NO3S/c1-4-14-16(17(19)20)22-15(18-14)6-5-7-21-13-9-11(2)8-12(3)10-13/h8-10H,4-7H2,1-3H3,(H,19,20). The molecule has 4 nitrogen and oxygen atoms in total. The highest BCUT2D eigenvalue weighted by atomic mass is 32.1. The fourth-order valence-electron chi connectivity index (χ4n) is 2.34. The van der Waals surface area contributed by atoms with Crippen LogP contribution in [0.2, 0.25) is 0 Å². The highest BCUT2D eigenvalue weighted by Gasteiger charge is 2.15. The third-order valence-corrected chi connectivity index (χ3v) is 4.42. The van der Waals surface area contributed by atoms with Gasteiger partial charge >= 0.3 is 5.97 Å². The van der Waals surface area contributed by atoms with Gasteiger partial charge in [-0.05, 0) is 49.9 Å². The highest BCUT2D eigenvalue weighted by molar-refractivity contribution is 7.13. The van der Waals surface area contributed by atoms with Gasteiger partial charge in [0, 0.05) is 6.42 Å². The van der Waals surface area contributed by atoms with Crippen molar-refractivity contribution in [3.8, 4) is 5.75 Å². The second kappa shape index (κ2) is 7.40. The van der Waals surface area contributed by atoms with Crippen LogP contribution in [-0.4, -0.2) is 22.7 Å². The van der Waals surface area contributed by atoms with Gasteiger partial charge in [-0.25, -0.2) is 9.78 Å². The minimum Gasteiger partial charge on any atom is -0.494 e. The Labute approximate surface area is 134 Å². The van der Waals surface area contributed by atoms with E-state index in [0.29, 0.717) is 23.6 Å². The van der Waals surface area contributed by atoms with Crippen LogP contribution in [0, 0.1) is 13.8 Å². The average Bonchev–Trinajstić information content (AvgIpc) is 2.86. The van der Waals surface area contributed by atoms with Crippen molar-refractivity contribution in [1.82, 2.24) is 4.98 Å². The predicted octanol–water partition coefficient (Wildman–Crippen LogP) is 4.03. The Morgan fingerprint density at radius 3 is 2.50 bits per heavy atom. The molecule has 0 amide bonds. The molecule has 1 aromatic carbocycles. The van der Waals surface area contributed by atoms with Gasteiger partial charge in [0.25, 0.3) is 0 Å². The quantitative estimate of drug-likeness (QED) is 0.783. The number of nitrogens with zero attached hydrogens (tertiary/aromatic N) is 1. The number of hydrogen-bond donors (Lipinski definition) is 1. The summed E-state index contributed by atoms with van der Waals surface area (Å²) in [4.78, 5) is 15.9. The lowest BCUT2D eigenvalue weighted by atomic mass is 10.1. The summed E-state index contributed by atoms with van der Waals surface area (Å²) in [5.41, 5.74) is 3.06. The van der Waals surface area contributed by atoms with Gasteiger partial charge in [0.2, 0.25) is 0 Å². The number of benzene rings is 1. The molecule has 1 aromatic heterocycles. The van der Waals surface area contributed by atoms with Gasteiger partial charge < -0.3 is 9.84 Å². The van der Waals surface area contributed by atoms with Gasteiger partial charge in [0.1, 0.15) is 10.6 Å². The lowest BCUT2D eigenvalue weighted by molar-refractivity contribution is 0.0701. The summed E-state index contributed by atoms with van der Waals surface area (Å²) in [6.45, 7) is 6.63. The number of thiazole rings is 1. The molecular formula is C17H21NO3S. The van der Waals surface area contributed by atoms with Gasteiger partial charge in [-0.15, -0.1) is 11.3 Å². The zero-order valence-corrected chi connectivity index (χ0v) is 14.0. The first kappa shape index (κ1) is 16.5. The first-order valence-corrected chi connectivity index (χ1v) is 8.24. The molecule has 0 aliphatic rings. The van der Waals surface area contributed by atoms with Crippen LogP contribution in [0.15, 0.2) is 18.2 Å². The Morgan fingerprint density at radius 2 is 1.95 bits per heavy atom. The zero-order chi connectivity index (χ0) is 16.1. The Morgan fingerprint density at radius 1 is 1.27 bits per heavy atom. The summed E-state index contributed by atoms with van der Waals surface area (Å²) in [7, 11) is 0. The van der Waals surface area contributed by atoms with Gasteiger partial charge in [0.15, 0.2) is 0 Å². The van der Waals surface area contributed by atoms with E-state index in [1.54, 1.807) is 0 Å². The largest absolute Gasteiger partial charge is 0.494 e. The van der Waals surface area contributed by atoms with Crippen molar-refractivity contribution in [2.24, 2.45) is 0 Å². The van der Waals surface area contributed by atoms with Crippen LogP contribution in [0.1, 0.15) is 44.8 Å². The third kappa shape index (κ3) is 4.31. The number of carboxylic acids is 1. The van der Waals surface area contributed by atoms with Crippen molar-refractivity contribution in [3.63, 3.8) is 0 Å². The number of carbonyl (C=O) groups is 1. The Balaban J connectivity index is 1.87. The number of rotatable bonds is 7. The Hall–Kier alpha value is -1.88. The predicted molar refractivity (Wildman–Crippen MR) is 88.2 cm³/mol. The van der Waals surface area contributed by atoms with Crippen LogP contribution in [0.25, 0.3) is 0 Å². The molecule has 0 unspecified atom stereocenters. The van der Waals surface area contributed by atoms with E-state index in [1.165, 1.54) is 22.5 Å². The van der Waals surface area contributed by atoms with E-state index >= 15 is 0 Å². The Kier molecular flexibility index (Phi) is 5.55. The number of aromatic nitrogens is 1. The lowest BCUT2D eigenvalue weighted by Gasteiger charge is -2.07. The molecule has 0 bridgehead atoms. The molecule has 118 valence electrons. The Bertz CT molecular complexity index is 644. The minimum absolute atomic E-state index is 0.368. The van der Waals surface area contributed by atoms with Crippen LogP contribution in [0.3, 0.4) is 0 Å². The maximum Gasteiger partial charge on any atom is 0.347 e. The molecular weight excluding hydrogens is 298 g/mol. The first-order chi connectivity index (χ1) is 10.5. The molecule has 0 radical (unpaired) electrons. The molecule has 0 saturated carbocycles. The third-order valence-electron chi connectivity index (χ3n) is 3.27. The van der Waals surface area contributed by atoms with E-state index in [9.17, 15) is 4.79 Å². The topological polar surface area (TPSA) is 59.4 Å². The van der Waals surface area contributed by atoms with Crippen molar-refractivity contribution in [3.05, 3.63) is 44.9 Å². The van der Waals surface area contributed by atoms with Gasteiger partial charge in [0.05, 0.1) is 17.3 Å². The number of aryl methyl sites for hydroxylation is 4. The molecule has 0 aliphatic heterocycles. The molecule has 2 aromatic rings. The summed E-state index contributed by atoms with van der Waals surface area (Å²) in [6, 6.07) is 6.16. The summed E-state index contributed by atoms with van der Waals surface area (Å²) >= 11 is 1.28. The minimum atomic E-state index is -0.882. The van der Waals surface area contributed by atoms with Crippen LogP contribution in [-0.2, 0) is 12.8 Å². The van der Waals surface area contributed by atoms with Crippen LogP contribution in [0.4, 0.5) is 0 Å². The normalized spacial score (nSPS) is 10.7. The van der Waals surface area contributed by atoms with Crippen molar-refractivity contribution in [2.45, 2.75) is 40.0 Å². The monoisotopic (exact) mass is 319 g/mol. The molecule has 22 heavy (non-hydrogen) atoms. The number of hydrogen-bond acceptors (Lipinski definition) is 4. The number of ether oxygens (including phenoxy) is 1. The summed E-state index contributed by atoms with van der Waals surface area (Å²) < 4.78 is 5.76. The molecule has 2 rings (SSSR count). The van der Waals surface area contributed by atoms with Crippen LogP contribution < -0.4 is 4.74 Å². The van der Waals surface area contributed by atoms with Gasteiger partial charge in [-0.3, -0.25) is 0 Å². The lowest BCUT2D eigenvalue weighted by Crippen LogP contribution is -2.00. The van der Waals surface area contributed by atoms with Crippen LogP contribution in [0.5, 0.6) is 5.75 Å². The molecule has 0 aliphatic carbocycles. The molecule has 0 fully saturated rings. The van der Waals surface area contributed by atoms with Gasteiger partial charge in [-0.1, -0.05) is 13.0 Å². The first-order valence-electron chi connectivity index (χ1n) is 7.42. The average molecular weight is 319 g/mol. The van der Waals surface area contributed by atoms with E-state index in [-0.39, 0.29) is 0 Å². The molecule has 0 spiro atoms. The van der Waals surface area contributed by atoms with Crippen molar-refractivity contribution in [1.29, 1.82) is 0 Å². The van der Waals surface area contributed by atoms with Crippen molar-refractivity contribution in [2.75, 3.05) is 6.61 Å². The van der Waals surface area contributed by atoms with E-state index < -0.39 is 5.97 Å². The number of aromatic carboxylic acids is 1. The van der Waals surface area contributed by atoms with Crippen molar-refractivity contribution >= 4 is 17.3 Å². The van der Waals surface area contributed by atoms with E-state index in [1.807, 2.05) is 19.1 Å². The smallest absolute Gasteiger partial charge is 0.347 e. The maximum atomic E-state index is 11.1. The molecule has 0 atom stereocenters. The van der Waals surface area contributed by atoms with Crippen molar-refractivity contribution < 1.29 is 14.6 Å². The highest BCUT2D eigenvalue weighted by Crippen LogP contribution is 2.21. The summed E-state index contributed by atoms with van der Waals surface area (Å²) in [5, 5.41) is 10.0. The van der Waals surface area contributed by atoms with E-state index in [0.717, 1.165) is 23.6 Å². The van der Waals surface area contributed by atoms with E-state index in [4.69, 9.17) is 9.84 Å². The maximum absolute atomic E-state index is 11.1. The fourth-order valence-corrected chi connectivity index (χ4v) is 3.38. The van der Waals surface area contributed by atoms with Gasteiger partial charge in [-0.2, -0.15) is 0 Å². The summed E-state index contributed by atoms with van der Waals surface area (Å²) in [5.74, 6) is 0.00389.